The summed E-state index contributed by atoms with van der Waals surface area (Å²) in [6, 6.07) is 20.9. The van der Waals surface area contributed by atoms with E-state index in [0.717, 1.165) is 23.6 Å². The third kappa shape index (κ3) is 2.77. The Morgan fingerprint density at radius 3 is 2.58 bits per heavy atom. The molecule has 2 nitrogen and oxygen atoms in total. The molecule has 0 radical (unpaired) electrons. The van der Waals surface area contributed by atoms with E-state index in [2.05, 4.69) is 60.8 Å². The van der Waals surface area contributed by atoms with Gasteiger partial charge >= 0.3 is 0 Å². The van der Waals surface area contributed by atoms with Crippen molar-refractivity contribution in [3.05, 3.63) is 76.8 Å². The molecule has 1 aliphatic rings. The van der Waals surface area contributed by atoms with Gasteiger partial charge in [0.1, 0.15) is 5.75 Å². The Balaban J connectivity index is 1.89. The Bertz CT molecular complexity index is 859. The molecule has 0 spiro atoms. The normalized spacial score (nSPS) is 19.8. The average molecular weight is 338 g/mol. The second-order valence-corrected chi connectivity index (χ2v) is 6.68. The maximum Gasteiger partial charge on any atom is 0.150 e. The van der Waals surface area contributed by atoms with E-state index in [4.69, 9.17) is 16.3 Å². The lowest BCUT2D eigenvalue weighted by molar-refractivity contribution is 0.123. The van der Waals surface area contributed by atoms with Crippen LogP contribution in [0.2, 0.25) is 5.02 Å². The average Bonchev–Trinajstić information content (AvgIpc) is 2.62. The molecule has 24 heavy (non-hydrogen) atoms. The van der Waals surface area contributed by atoms with E-state index in [9.17, 15) is 0 Å². The van der Waals surface area contributed by atoms with Crippen LogP contribution in [0.1, 0.15) is 36.9 Å². The smallest absolute Gasteiger partial charge is 0.150 e. The van der Waals surface area contributed by atoms with Crippen molar-refractivity contribution < 1.29 is 4.74 Å². The lowest BCUT2D eigenvalue weighted by Gasteiger charge is -2.35. The van der Waals surface area contributed by atoms with Crippen LogP contribution in [-0.2, 0) is 0 Å². The fraction of sp³-hybridized carbons (Fsp3) is 0.238. The molecule has 0 bridgehead atoms. The van der Waals surface area contributed by atoms with Crippen LogP contribution < -0.4 is 10.1 Å². The van der Waals surface area contributed by atoms with Gasteiger partial charge in [-0.1, -0.05) is 67.4 Å². The summed E-state index contributed by atoms with van der Waals surface area (Å²) in [5, 5.41) is 6.90. The molecule has 3 aromatic carbocycles. The van der Waals surface area contributed by atoms with Gasteiger partial charge in [0.15, 0.2) is 6.23 Å². The van der Waals surface area contributed by atoms with Crippen molar-refractivity contribution in [1.82, 2.24) is 5.32 Å². The van der Waals surface area contributed by atoms with Gasteiger partial charge in [-0.05, 0) is 41.0 Å². The largest absolute Gasteiger partial charge is 0.475 e. The molecule has 1 heterocycles. The first-order valence-electron chi connectivity index (χ1n) is 8.46. The van der Waals surface area contributed by atoms with Gasteiger partial charge in [-0.3, -0.25) is 5.32 Å². The zero-order chi connectivity index (χ0) is 16.5. The minimum atomic E-state index is 0.0318. The Hall–Kier alpha value is -2.03. The molecule has 122 valence electrons. The van der Waals surface area contributed by atoms with Crippen molar-refractivity contribution in [3.8, 4) is 5.75 Å². The highest BCUT2D eigenvalue weighted by Gasteiger charge is 2.29. The van der Waals surface area contributed by atoms with Crippen molar-refractivity contribution in [2.75, 3.05) is 0 Å². The van der Waals surface area contributed by atoms with E-state index < -0.39 is 0 Å². The number of halogens is 1. The number of nitrogens with one attached hydrogen (secondary N) is 1. The molecular weight excluding hydrogens is 318 g/mol. The fourth-order valence-corrected chi connectivity index (χ4v) is 3.58. The van der Waals surface area contributed by atoms with E-state index in [0.29, 0.717) is 0 Å². The van der Waals surface area contributed by atoms with Gasteiger partial charge in [0, 0.05) is 10.6 Å². The predicted octanol–water partition coefficient (Wildman–Crippen LogP) is 5.69. The first-order chi connectivity index (χ1) is 11.8. The molecule has 3 aromatic rings. The summed E-state index contributed by atoms with van der Waals surface area (Å²) >= 11 is 6.08. The van der Waals surface area contributed by atoms with Crippen LogP contribution in [0.5, 0.6) is 5.75 Å². The van der Waals surface area contributed by atoms with Gasteiger partial charge < -0.3 is 4.74 Å². The van der Waals surface area contributed by atoms with Gasteiger partial charge in [0.25, 0.3) is 0 Å². The highest BCUT2D eigenvalue weighted by molar-refractivity contribution is 6.30. The number of rotatable bonds is 3. The number of hydrogen-bond donors (Lipinski definition) is 1. The summed E-state index contributed by atoms with van der Waals surface area (Å²) in [5.41, 5.74) is 2.42. The summed E-state index contributed by atoms with van der Waals surface area (Å²) in [4.78, 5) is 0. The van der Waals surface area contributed by atoms with Crippen LogP contribution in [0.15, 0.2) is 60.7 Å². The van der Waals surface area contributed by atoms with Crippen LogP contribution in [0.3, 0.4) is 0 Å². The van der Waals surface area contributed by atoms with Crippen LogP contribution in [0.4, 0.5) is 0 Å². The molecule has 3 heteroatoms. The highest BCUT2D eigenvalue weighted by atomic mass is 35.5. The minimum absolute atomic E-state index is 0.0318. The van der Waals surface area contributed by atoms with E-state index >= 15 is 0 Å². The number of benzene rings is 3. The Kier molecular flexibility index (Phi) is 4.17. The van der Waals surface area contributed by atoms with E-state index in [1.54, 1.807) is 0 Å². The van der Waals surface area contributed by atoms with Crippen LogP contribution in [0, 0.1) is 0 Å². The van der Waals surface area contributed by atoms with Crippen molar-refractivity contribution >= 4 is 22.4 Å². The highest BCUT2D eigenvalue weighted by Crippen LogP contribution is 2.40. The van der Waals surface area contributed by atoms with Gasteiger partial charge in [0.2, 0.25) is 0 Å². The lowest BCUT2D eigenvalue weighted by atomic mass is 9.91. The predicted molar refractivity (Wildman–Crippen MR) is 99.7 cm³/mol. The molecule has 0 amide bonds. The molecule has 0 fully saturated rings. The maximum atomic E-state index is 6.22. The topological polar surface area (TPSA) is 21.3 Å². The van der Waals surface area contributed by atoms with Crippen LogP contribution >= 0.6 is 11.6 Å². The van der Waals surface area contributed by atoms with Crippen molar-refractivity contribution in [1.29, 1.82) is 0 Å². The molecule has 4 rings (SSSR count). The summed E-state index contributed by atoms with van der Waals surface area (Å²) in [6.07, 6.45) is 2.09. The second kappa shape index (κ2) is 6.46. The molecular formula is C21H20ClNO. The van der Waals surface area contributed by atoms with Crippen LogP contribution in [-0.4, -0.2) is 6.23 Å². The summed E-state index contributed by atoms with van der Waals surface area (Å²) in [5.74, 6) is 0.978. The first kappa shape index (κ1) is 15.5. The van der Waals surface area contributed by atoms with E-state index in [1.165, 1.54) is 21.9 Å². The first-order valence-corrected chi connectivity index (χ1v) is 8.84. The van der Waals surface area contributed by atoms with Gasteiger partial charge in [-0.25, -0.2) is 0 Å². The number of ether oxygens (including phenoxy) is 1. The fourth-order valence-electron chi connectivity index (χ4n) is 3.46. The van der Waals surface area contributed by atoms with E-state index in [-0.39, 0.29) is 12.3 Å². The molecule has 0 unspecified atom stereocenters. The van der Waals surface area contributed by atoms with Crippen LogP contribution in [0.25, 0.3) is 10.8 Å². The second-order valence-electron chi connectivity index (χ2n) is 6.24. The molecule has 2 atom stereocenters. The molecule has 0 aliphatic carbocycles. The van der Waals surface area contributed by atoms with Crippen molar-refractivity contribution in [3.63, 3.8) is 0 Å². The SMILES string of the molecule is CCC[C@@H]1N[C@@H](c2ccc(Cl)cc2)c2c(ccc3ccccc23)O1. The maximum absolute atomic E-state index is 6.22. The monoisotopic (exact) mass is 337 g/mol. The quantitative estimate of drug-likeness (QED) is 0.662. The zero-order valence-corrected chi connectivity index (χ0v) is 14.4. The lowest BCUT2D eigenvalue weighted by Crippen LogP contribution is -2.41. The third-order valence-electron chi connectivity index (χ3n) is 4.60. The van der Waals surface area contributed by atoms with Gasteiger partial charge in [0.05, 0.1) is 6.04 Å². The minimum Gasteiger partial charge on any atom is -0.475 e. The molecule has 1 N–H and O–H groups in total. The van der Waals surface area contributed by atoms with Gasteiger partial charge in [-0.2, -0.15) is 0 Å². The number of hydrogen-bond acceptors (Lipinski definition) is 2. The molecule has 1 aliphatic heterocycles. The molecule has 0 saturated carbocycles. The molecule has 0 saturated heterocycles. The Labute approximate surface area is 147 Å². The van der Waals surface area contributed by atoms with Gasteiger partial charge in [-0.15, -0.1) is 0 Å². The van der Waals surface area contributed by atoms with E-state index in [1.807, 2.05) is 12.1 Å². The zero-order valence-electron chi connectivity index (χ0n) is 13.6. The summed E-state index contributed by atoms with van der Waals surface area (Å²) in [7, 11) is 0. The third-order valence-corrected chi connectivity index (χ3v) is 4.85. The number of fused-ring (bicyclic) bond motifs is 3. The summed E-state index contributed by atoms with van der Waals surface area (Å²) in [6.45, 7) is 2.18. The van der Waals surface area contributed by atoms with Crippen molar-refractivity contribution in [2.45, 2.75) is 32.0 Å². The Morgan fingerprint density at radius 2 is 1.79 bits per heavy atom. The standard InChI is InChI=1S/C21H20ClNO/c1-2-5-19-23-21(15-8-11-16(22)12-9-15)20-17-7-4-3-6-14(17)10-13-18(20)24-19/h3-4,6-13,19,21,23H,2,5H2,1H3/t19-,21+/m1/s1. The molecule has 0 aromatic heterocycles. The summed E-state index contributed by atoms with van der Waals surface area (Å²) < 4.78 is 6.22. The Morgan fingerprint density at radius 1 is 1.00 bits per heavy atom. The van der Waals surface area contributed by atoms with Crippen molar-refractivity contribution in [2.24, 2.45) is 0 Å².